The SMILES string of the molecule is CCOC(=O)C(NC(=O)N(C)C)(Nc1sc2c(c1C(N)=O)CCCC2)C(F)(F)F. The minimum absolute atomic E-state index is 0.0956. The Morgan fingerprint density at radius 2 is 1.83 bits per heavy atom. The fraction of sp³-hybridized carbons (Fsp3) is 0.588. The highest BCUT2D eigenvalue weighted by Crippen LogP contribution is 2.42. The molecule has 1 aromatic rings. The number of aryl methyl sites for hydroxylation is 1. The van der Waals surface area contributed by atoms with Gasteiger partial charge in [-0.1, -0.05) is 0 Å². The second-order valence-corrected chi connectivity index (χ2v) is 7.80. The predicted octanol–water partition coefficient (Wildman–Crippen LogP) is 2.23. The Morgan fingerprint density at radius 3 is 2.34 bits per heavy atom. The second kappa shape index (κ2) is 8.47. The average molecular weight is 436 g/mol. The van der Waals surface area contributed by atoms with Crippen molar-refractivity contribution in [2.45, 2.75) is 44.4 Å². The molecule has 29 heavy (non-hydrogen) atoms. The highest BCUT2D eigenvalue weighted by atomic mass is 32.1. The number of carbonyl (C=O) groups excluding carboxylic acids is 3. The van der Waals surface area contributed by atoms with Crippen LogP contribution in [-0.4, -0.2) is 55.3 Å². The minimum atomic E-state index is -5.29. The number of hydrogen-bond donors (Lipinski definition) is 3. The number of carbonyl (C=O) groups is 3. The maximum atomic E-state index is 14.2. The lowest BCUT2D eigenvalue weighted by Gasteiger charge is -2.35. The van der Waals surface area contributed by atoms with E-state index >= 15 is 0 Å². The van der Waals surface area contributed by atoms with Gasteiger partial charge >= 0.3 is 23.8 Å². The topological polar surface area (TPSA) is 114 Å². The number of esters is 1. The number of alkyl halides is 3. The van der Waals surface area contributed by atoms with Gasteiger partial charge in [0.05, 0.1) is 12.2 Å². The molecule has 0 fully saturated rings. The largest absolute Gasteiger partial charge is 0.463 e. The highest BCUT2D eigenvalue weighted by Gasteiger charge is 2.64. The second-order valence-electron chi connectivity index (χ2n) is 6.70. The van der Waals surface area contributed by atoms with Gasteiger partial charge in [-0.3, -0.25) is 10.1 Å². The van der Waals surface area contributed by atoms with Gasteiger partial charge in [0.15, 0.2) is 0 Å². The first-order chi connectivity index (χ1) is 13.4. The molecule has 1 aliphatic rings. The first kappa shape index (κ1) is 22.8. The van der Waals surface area contributed by atoms with E-state index in [0.717, 1.165) is 34.0 Å². The van der Waals surface area contributed by atoms with Crippen molar-refractivity contribution < 1.29 is 32.3 Å². The van der Waals surface area contributed by atoms with Crippen molar-refractivity contribution in [2.24, 2.45) is 5.73 Å². The van der Waals surface area contributed by atoms with Gasteiger partial charge in [-0.25, -0.2) is 9.59 Å². The smallest absolute Gasteiger partial charge is 0.442 e. The molecule has 0 radical (unpaired) electrons. The van der Waals surface area contributed by atoms with Crippen molar-refractivity contribution in [3.63, 3.8) is 0 Å². The quantitative estimate of drug-likeness (QED) is 0.468. The molecule has 1 aromatic heterocycles. The van der Waals surface area contributed by atoms with Crippen LogP contribution < -0.4 is 16.4 Å². The Kier molecular flexibility index (Phi) is 6.66. The molecular formula is C17H23F3N4O4S. The molecule has 0 aromatic carbocycles. The number of nitrogens with zero attached hydrogens (tertiary/aromatic N) is 1. The van der Waals surface area contributed by atoms with Gasteiger partial charge < -0.3 is 20.7 Å². The summed E-state index contributed by atoms with van der Waals surface area (Å²) in [5, 5.41) is 3.52. The van der Waals surface area contributed by atoms with Crippen molar-refractivity contribution in [3.05, 3.63) is 16.0 Å². The van der Waals surface area contributed by atoms with E-state index in [1.807, 2.05) is 0 Å². The van der Waals surface area contributed by atoms with E-state index in [1.165, 1.54) is 21.0 Å². The summed E-state index contributed by atoms with van der Waals surface area (Å²) in [7, 11) is 2.45. The number of nitrogens with two attached hydrogens (primary N) is 1. The predicted molar refractivity (Wildman–Crippen MR) is 101 cm³/mol. The van der Waals surface area contributed by atoms with Crippen LogP contribution >= 0.6 is 11.3 Å². The fourth-order valence-electron chi connectivity index (χ4n) is 2.99. The lowest BCUT2D eigenvalue weighted by atomic mass is 9.95. The van der Waals surface area contributed by atoms with Gasteiger partial charge in [0.1, 0.15) is 5.00 Å². The number of amides is 3. The molecule has 2 rings (SSSR count). The zero-order valence-corrected chi connectivity index (χ0v) is 17.1. The highest BCUT2D eigenvalue weighted by molar-refractivity contribution is 7.16. The number of fused-ring (bicyclic) bond motifs is 1. The number of halogens is 3. The molecule has 0 spiro atoms. The number of thiophene rings is 1. The van der Waals surface area contributed by atoms with E-state index in [4.69, 9.17) is 5.73 Å². The molecule has 8 nitrogen and oxygen atoms in total. The number of primary amides is 1. The summed E-state index contributed by atoms with van der Waals surface area (Å²) in [6.07, 6.45) is -2.61. The molecule has 0 bridgehead atoms. The van der Waals surface area contributed by atoms with Crippen molar-refractivity contribution in [3.8, 4) is 0 Å². The molecule has 0 saturated heterocycles. The molecule has 1 aliphatic carbocycles. The van der Waals surface area contributed by atoms with Crippen LogP contribution in [0.3, 0.4) is 0 Å². The van der Waals surface area contributed by atoms with E-state index in [0.29, 0.717) is 18.4 Å². The summed E-state index contributed by atoms with van der Waals surface area (Å²) in [5.41, 5.74) is 2.32. The van der Waals surface area contributed by atoms with Crippen LogP contribution in [-0.2, 0) is 22.4 Å². The number of nitrogens with one attached hydrogen (secondary N) is 2. The lowest BCUT2D eigenvalue weighted by Crippen LogP contribution is -2.70. The number of urea groups is 1. The molecule has 1 unspecified atom stereocenters. The third-order valence-electron chi connectivity index (χ3n) is 4.43. The summed E-state index contributed by atoms with van der Waals surface area (Å²) >= 11 is 0.920. The molecule has 162 valence electrons. The van der Waals surface area contributed by atoms with Crippen LogP contribution in [0, 0.1) is 0 Å². The van der Waals surface area contributed by atoms with Crippen LogP contribution in [0.15, 0.2) is 0 Å². The van der Waals surface area contributed by atoms with E-state index < -0.39 is 29.7 Å². The Morgan fingerprint density at radius 1 is 1.21 bits per heavy atom. The maximum Gasteiger partial charge on any atom is 0.442 e. The normalized spacial score (nSPS) is 15.7. The Labute approximate surface area is 169 Å². The lowest BCUT2D eigenvalue weighted by molar-refractivity contribution is -0.204. The van der Waals surface area contributed by atoms with Crippen LogP contribution in [0.4, 0.5) is 23.0 Å². The molecule has 12 heteroatoms. The Hall–Kier alpha value is -2.50. The van der Waals surface area contributed by atoms with Gasteiger partial charge in [-0.2, -0.15) is 13.2 Å². The van der Waals surface area contributed by atoms with Crippen molar-refractivity contribution in [1.29, 1.82) is 0 Å². The number of hydrogen-bond acceptors (Lipinski definition) is 6. The molecule has 4 N–H and O–H groups in total. The van der Waals surface area contributed by atoms with Gasteiger partial charge in [-0.05, 0) is 38.2 Å². The van der Waals surface area contributed by atoms with Gasteiger partial charge in [0.25, 0.3) is 5.91 Å². The third-order valence-corrected chi connectivity index (χ3v) is 5.63. The molecule has 0 aliphatic heterocycles. The zero-order chi connectivity index (χ0) is 22.0. The first-order valence-corrected chi connectivity index (χ1v) is 9.72. The zero-order valence-electron chi connectivity index (χ0n) is 16.2. The van der Waals surface area contributed by atoms with E-state index in [-0.39, 0.29) is 17.2 Å². The van der Waals surface area contributed by atoms with E-state index in [9.17, 15) is 27.6 Å². The van der Waals surface area contributed by atoms with Crippen molar-refractivity contribution in [2.75, 3.05) is 26.0 Å². The van der Waals surface area contributed by atoms with Crippen molar-refractivity contribution >= 4 is 34.2 Å². The molecule has 0 saturated carbocycles. The van der Waals surface area contributed by atoms with Gasteiger partial charge in [0.2, 0.25) is 0 Å². The summed E-state index contributed by atoms with van der Waals surface area (Å²) in [6, 6.07) is -1.18. The summed E-state index contributed by atoms with van der Waals surface area (Å²) in [6.45, 7) is 0.991. The summed E-state index contributed by atoms with van der Waals surface area (Å²) in [4.78, 5) is 38.1. The Balaban J connectivity index is 2.63. The van der Waals surface area contributed by atoms with Gasteiger partial charge in [0, 0.05) is 19.0 Å². The van der Waals surface area contributed by atoms with Crippen LogP contribution in [0.1, 0.15) is 40.6 Å². The van der Waals surface area contributed by atoms with E-state index in [2.05, 4.69) is 10.1 Å². The van der Waals surface area contributed by atoms with E-state index in [1.54, 1.807) is 5.32 Å². The van der Waals surface area contributed by atoms with Gasteiger partial charge in [-0.15, -0.1) is 11.3 Å². The molecule has 1 atom stereocenters. The van der Waals surface area contributed by atoms with Crippen LogP contribution in [0.2, 0.25) is 0 Å². The summed E-state index contributed by atoms with van der Waals surface area (Å²) in [5.74, 6) is -2.66. The van der Waals surface area contributed by atoms with Crippen LogP contribution in [0.25, 0.3) is 0 Å². The number of anilines is 1. The monoisotopic (exact) mass is 436 g/mol. The molecule has 1 heterocycles. The number of rotatable bonds is 6. The number of ether oxygens (including phenoxy) is 1. The maximum absolute atomic E-state index is 14.2. The average Bonchev–Trinajstić information content (AvgIpc) is 2.97. The Bertz CT molecular complexity index is 809. The van der Waals surface area contributed by atoms with Crippen molar-refractivity contribution in [1.82, 2.24) is 10.2 Å². The molecule has 3 amide bonds. The summed E-state index contributed by atoms with van der Waals surface area (Å²) < 4.78 is 47.1. The molecular weight excluding hydrogens is 413 g/mol. The fourth-order valence-corrected chi connectivity index (χ4v) is 4.34. The minimum Gasteiger partial charge on any atom is -0.463 e. The first-order valence-electron chi connectivity index (χ1n) is 8.90. The standard InChI is InChI=1S/C17H23F3N4O4S/c1-4-28-14(26)16(17(18,19)20,23-15(27)24(2)3)22-13-11(12(21)25)9-7-5-6-8-10(9)29-13/h22H,4-8H2,1-3H3,(H2,21,25)(H,23,27). The van der Waals surface area contributed by atoms with Crippen LogP contribution in [0.5, 0.6) is 0 Å². The third kappa shape index (κ3) is 4.41.